The highest BCUT2D eigenvalue weighted by molar-refractivity contribution is 6.01. The SMILES string of the molecule is Cc1nc(NC(=O)c2c[nH]c(=O)[nH]2)n[nH]1. The average Bonchev–Trinajstić information content (AvgIpc) is 2.75. The molecule has 0 atom stereocenters. The van der Waals surface area contributed by atoms with Gasteiger partial charge in [-0.2, -0.15) is 4.98 Å². The standard InChI is InChI=1S/C7H8N6O2/c1-3-9-6(13-12-3)11-5(14)4-2-8-7(15)10-4/h2H,1H3,(H2,8,10,15)(H2,9,11,12,13,14). The first-order chi connectivity index (χ1) is 7.15. The van der Waals surface area contributed by atoms with Crippen LogP contribution in [0.15, 0.2) is 11.0 Å². The second-order valence-electron chi connectivity index (χ2n) is 2.86. The summed E-state index contributed by atoms with van der Waals surface area (Å²) in [5.74, 6) is 0.278. The van der Waals surface area contributed by atoms with Crippen molar-refractivity contribution in [3.63, 3.8) is 0 Å². The number of imidazole rings is 1. The van der Waals surface area contributed by atoms with E-state index in [0.717, 1.165) is 0 Å². The van der Waals surface area contributed by atoms with Crippen molar-refractivity contribution in [2.45, 2.75) is 6.92 Å². The Morgan fingerprint density at radius 1 is 1.53 bits per heavy atom. The molecule has 0 radical (unpaired) electrons. The van der Waals surface area contributed by atoms with E-state index in [9.17, 15) is 9.59 Å². The Hall–Kier alpha value is -2.38. The highest BCUT2D eigenvalue weighted by Gasteiger charge is 2.10. The van der Waals surface area contributed by atoms with E-state index in [1.165, 1.54) is 6.20 Å². The molecule has 15 heavy (non-hydrogen) atoms. The summed E-state index contributed by atoms with van der Waals surface area (Å²) in [6.07, 6.45) is 1.27. The molecule has 8 nitrogen and oxygen atoms in total. The maximum Gasteiger partial charge on any atom is 0.323 e. The predicted octanol–water partition coefficient (Wildman–Crippen LogP) is -0.618. The molecule has 1 amide bonds. The highest BCUT2D eigenvalue weighted by Crippen LogP contribution is 1.99. The lowest BCUT2D eigenvalue weighted by Gasteiger charge is -1.95. The third-order valence-electron chi connectivity index (χ3n) is 1.66. The van der Waals surface area contributed by atoms with Crippen molar-refractivity contribution < 1.29 is 4.79 Å². The van der Waals surface area contributed by atoms with Gasteiger partial charge in [-0.15, -0.1) is 5.10 Å². The Morgan fingerprint density at radius 2 is 2.33 bits per heavy atom. The van der Waals surface area contributed by atoms with Crippen LogP contribution in [-0.4, -0.2) is 31.1 Å². The Labute approximate surface area is 83.1 Å². The zero-order valence-corrected chi connectivity index (χ0v) is 7.79. The first-order valence-corrected chi connectivity index (χ1v) is 4.13. The van der Waals surface area contributed by atoms with Crippen molar-refractivity contribution in [1.82, 2.24) is 25.1 Å². The van der Waals surface area contributed by atoms with Gasteiger partial charge >= 0.3 is 5.69 Å². The van der Waals surface area contributed by atoms with Crippen molar-refractivity contribution in [1.29, 1.82) is 0 Å². The molecule has 0 aliphatic rings. The van der Waals surface area contributed by atoms with Gasteiger partial charge in [-0.3, -0.25) is 15.2 Å². The van der Waals surface area contributed by atoms with Crippen molar-refractivity contribution in [2.75, 3.05) is 5.32 Å². The number of aromatic nitrogens is 5. The van der Waals surface area contributed by atoms with Crippen molar-refractivity contribution in [2.24, 2.45) is 0 Å². The lowest BCUT2D eigenvalue weighted by atomic mass is 10.4. The topological polar surface area (TPSA) is 119 Å². The quantitative estimate of drug-likeness (QED) is 0.525. The Bertz CT molecular complexity index is 535. The average molecular weight is 208 g/mol. The number of nitrogens with one attached hydrogen (secondary N) is 4. The van der Waals surface area contributed by atoms with E-state index in [0.29, 0.717) is 5.82 Å². The van der Waals surface area contributed by atoms with Crippen LogP contribution in [0.25, 0.3) is 0 Å². The van der Waals surface area contributed by atoms with Crippen LogP contribution in [0.2, 0.25) is 0 Å². The Morgan fingerprint density at radius 3 is 2.87 bits per heavy atom. The molecule has 0 aromatic carbocycles. The molecule has 0 aliphatic heterocycles. The monoisotopic (exact) mass is 208 g/mol. The van der Waals surface area contributed by atoms with Crippen LogP contribution >= 0.6 is 0 Å². The fourth-order valence-corrected chi connectivity index (χ4v) is 1.02. The zero-order chi connectivity index (χ0) is 10.8. The molecule has 0 unspecified atom stereocenters. The summed E-state index contributed by atoms with van der Waals surface area (Å²) in [4.78, 5) is 30.7. The van der Waals surface area contributed by atoms with Crippen molar-refractivity contribution in [3.05, 3.63) is 28.2 Å². The van der Waals surface area contributed by atoms with Crippen LogP contribution in [0.1, 0.15) is 16.3 Å². The van der Waals surface area contributed by atoms with Gasteiger partial charge in [0.2, 0.25) is 5.95 Å². The minimum Gasteiger partial charge on any atom is -0.312 e. The van der Waals surface area contributed by atoms with Gasteiger partial charge in [0.1, 0.15) is 11.5 Å². The number of hydrogen-bond donors (Lipinski definition) is 4. The number of carbonyl (C=O) groups excluding carboxylic acids is 1. The van der Waals surface area contributed by atoms with Gasteiger partial charge < -0.3 is 9.97 Å². The van der Waals surface area contributed by atoms with Crippen molar-refractivity contribution >= 4 is 11.9 Å². The number of aromatic amines is 3. The van der Waals surface area contributed by atoms with E-state index < -0.39 is 11.6 Å². The second-order valence-corrected chi connectivity index (χ2v) is 2.86. The molecule has 2 aromatic rings. The minimum atomic E-state index is -0.479. The predicted molar refractivity (Wildman–Crippen MR) is 50.5 cm³/mol. The van der Waals surface area contributed by atoms with E-state index in [2.05, 4.69) is 30.5 Å². The molecular weight excluding hydrogens is 200 g/mol. The summed E-state index contributed by atoms with van der Waals surface area (Å²) >= 11 is 0. The first kappa shape index (κ1) is 9.19. The number of anilines is 1. The summed E-state index contributed by atoms with van der Waals surface area (Å²) in [7, 11) is 0. The van der Waals surface area contributed by atoms with E-state index in [-0.39, 0.29) is 11.6 Å². The van der Waals surface area contributed by atoms with E-state index in [1.54, 1.807) is 6.92 Å². The van der Waals surface area contributed by atoms with E-state index in [4.69, 9.17) is 0 Å². The van der Waals surface area contributed by atoms with Crippen molar-refractivity contribution in [3.8, 4) is 0 Å². The van der Waals surface area contributed by atoms with Crippen LogP contribution in [0.3, 0.4) is 0 Å². The molecule has 2 heterocycles. The summed E-state index contributed by atoms with van der Waals surface area (Å²) in [5.41, 5.74) is -0.311. The molecule has 78 valence electrons. The fourth-order valence-electron chi connectivity index (χ4n) is 1.02. The van der Waals surface area contributed by atoms with E-state index >= 15 is 0 Å². The molecule has 2 rings (SSSR count). The van der Waals surface area contributed by atoms with Gasteiger partial charge in [0.05, 0.1) is 0 Å². The molecule has 0 aliphatic carbocycles. The third kappa shape index (κ3) is 1.93. The summed E-state index contributed by atoms with van der Waals surface area (Å²) in [5, 5.41) is 8.70. The Kier molecular flexibility index (Phi) is 2.08. The van der Waals surface area contributed by atoms with Gasteiger partial charge in [-0.1, -0.05) is 0 Å². The largest absolute Gasteiger partial charge is 0.323 e. The smallest absolute Gasteiger partial charge is 0.312 e. The fraction of sp³-hybridized carbons (Fsp3) is 0.143. The van der Waals surface area contributed by atoms with Crippen LogP contribution in [0.5, 0.6) is 0 Å². The molecule has 4 N–H and O–H groups in total. The molecular formula is C7H8N6O2. The molecule has 0 saturated carbocycles. The second kappa shape index (κ2) is 3.40. The van der Waals surface area contributed by atoms with Gasteiger partial charge in [-0.25, -0.2) is 4.79 Å². The molecule has 0 saturated heterocycles. The number of H-pyrrole nitrogens is 3. The van der Waals surface area contributed by atoms with Gasteiger partial charge in [0, 0.05) is 6.20 Å². The lowest BCUT2D eigenvalue weighted by molar-refractivity contribution is 0.102. The van der Waals surface area contributed by atoms with Gasteiger partial charge in [-0.05, 0) is 6.92 Å². The maximum atomic E-state index is 11.4. The third-order valence-corrected chi connectivity index (χ3v) is 1.66. The van der Waals surface area contributed by atoms with Gasteiger partial charge in [0.25, 0.3) is 5.91 Å². The summed E-state index contributed by atoms with van der Waals surface area (Å²) < 4.78 is 0. The first-order valence-electron chi connectivity index (χ1n) is 4.13. The molecule has 2 aromatic heterocycles. The summed E-state index contributed by atoms with van der Waals surface area (Å²) in [6.45, 7) is 1.71. The molecule has 0 bridgehead atoms. The van der Waals surface area contributed by atoms with E-state index in [1.807, 2.05) is 0 Å². The van der Waals surface area contributed by atoms with Crippen LogP contribution in [0.4, 0.5) is 5.95 Å². The summed E-state index contributed by atoms with van der Waals surface area (Å²) in [6, 6.07) is 0. The normalized spacial score (nSPS) is 10.2. The number of amides is 1. The minimum absolute atomic E-state index is 0.127. The number of hydrogen-bond acceptors (Lipinski definition) is 4. The zero-order valence-electron chi connectivity index (χ0n) is 7.79. The van der Waals surface area contributed by atoms with Crippen LogP contribution in [-0.2, 0) is 0 Å². The van der Waals surface area contributed by atoms with Crippen LogP contribution < -0.4 is 11.0 Å². The van der Waals surface area contributed by atoms with Crippen LogP contribution in [0, 0.1) is 6.92 Å². The maximum absolute atomic E-state index is 11.4. The number of nitrogens with zero attached hydrogens (tertiary/aromatic N) is 2. The number of carbonyl (C=O) groups is 1. The molecule has 0 fully saturated rings. The lowest BCUT2D eigenvalue weighted by Crippen LogP contribution is -2.14. The number of rotatable bonds is 2. The number of aryl methyl sites for hydroxylation is 1. The highest BCUT2D eigenvalue weighted by atomic mass is 16.2. The molecule has 0 spiro atoms. The van der Waals surface area contributed by atoms with Gasteiger partial charge in [0.15, 0.2) is 0 Å². The Balaban J connectivity index is 2.13. The molecule has 8 heteroatoms.